The van der Waals surface area contributed by atoms with Crippen molar-refractivity contribution in [3.63, 3.8) is 0 Å². The van der Waals surface area contributed by atoms with Crippen molar-refractivity contribution in [1.29, 1.82) is 0 Å². The second kappa shape index (κ2) is 3.88. The molecule has 1 heterocycles. The van der Waals surface area contributed by atoms with Crippen molar-refractivity contribution in [3.8, 4) is 0 Å². The van der Waals surface area contributed by atoms with Crippen molar-refractivity contribution in [2.45, 2.75) is 19.8 Å². The van der Waals surface area contributed by atoms with Crippen molar-refractivity contribution in [3.05, 3.63) is 15.9 Å². The molecule has 11 heavy (non-hydrogen) atoms. The molecule has 1 rings (SSSR count). The molecule has 0 aromatic carbocycles. The number of nitrogens with two attached hydrogens (primary N) is 1. The second-order valence-corrected chi connectivity index (χ2v) is 3.15. The van der Waals surface area contributed by atoms with Crippen LogP contribution in [0.2, 0.25) is 0 Å². The van der Waals surface area contributed by atoms with Crippen molar-refractivity contribution in [2.24, 2.45) is 5.73 Å². The predicted molar refractivity (Wildman–Crippen MR) is 48.4 cm³/mol. The van der Waals surface area contributed by atoms with Gasteiger partial charge in [-0.3, -0.25) is 5.10 Å². The summed E-state index contributed by atoms with van der Waals surface area (Å²) < 4.78 is 1.09. The lowest BCUT2D eigenvalue weighted by atomic mass is 10.2. The van der Waals surface area contributed by atoms with E-state index in [4.69, 9.17) is 5.73 Å². The Labute approximate surface area is 74.5 Å². The Morgan fingerprint density at radius 2 is 2.36 bits per heavy atom. The molecule has 0 atom stereocenters. The van der Waals surface area contributed by atoms with Crippen LogP contribution in [0.5, 0.6) is 0 Å². The maximum atomic E-state index is 5.41. The van der Waals surface area contributed by atoms with Gasteiger partial charge in [0.1, 0.15) is 0 Å². The first kappa shape index (κ1) is 8.74. The van der Waals surface area contributed by atoms with E-state index in [9.17, 15) is 0 Å². The molecule has 0 aliphatic rings. The van der Waals surface area contributed by atoms with E-state index in [2.05, 4.69) is 33.1 Å². The molecule has 0 radical (unpaired) electrons. The summed E-state index contributed by atoms with van der Waals surface area (Å²) in [5, 5.41) is 7.07. The van der Waals surface area contributed by atoms with Crippen LogP contribution in [-0.2, 0) is 12.8 Å². The zero-order chi connectivity index (χ0) is 8.27. The van der Waals surface area contributed by atoms with Crippen LogP contribution in [0.1, 0.15) is 18.3 Å². The molecule has 1 aromatic rings. The van der Waals surface area contributed by atoms with Gasteiger partial charge in [-0.1, -0.05) is 6.92 Å². The SMILES string of the molecule is CCc1n[nH]c(CCN)c1Br. The van der Waals surface area contributed by atoms with Gasteiger partial charge in [-0.05, 0) is 28.9 Å². The van der Waals surface area contributed by atoms with Gasteiger partial charge in [0.2, 0.25) is 0 Å². The average Bonchev–Trinajstić information content (AvgIpc) is 2.34. The normalized spacial score (nSPS) is 10.5. The van der Waals surface area contributed by atoms with E-state index in [0.29, 0.717) is 6.54 Å². The van der Waals surface area contributed by atoms with Crippen LogP contribution in [0.4, 0.5) is 0 Å². The van der Waals surface area contributed by atoms with E-state index in [-0.39, 0.29) is 0 Å². The van der Waals surface area contributed by atoms with E-state index in [0.717, 1.165) is 28.7 Å². The Kier molecular flexibility index (Phi) is 3.08. The Hall–Kier alpha value is -0.350. The van der Waals surface area contributed by atoms with Gasteiger partial charge in [-0.15, -0.1) is 0 Å². The molecule has 0 bridgehead atoms. The summed E-state index contributed by atoms with van der Waals surface area (Å²) in [7, 11) is 0. The molecule has 0 fully saturated rings. The summed E-state index contributed by atoms with van der Waals surface area (Å²) in [5.41, 5.74) is 7.59. The number of H-pyrrole nitrogens is 1. The monoisotopic (exact) mass is 217 g/mol. The van der Waals surface area contributed by atoms with Crippen LogP contribution in [-0.4, -0.2) is 16.7 Å². The smallest absolute Gasteiger partial charge is 0.0764 e. The molecule has 0 saturated heterocycles. The molecular formula is C7H12BrN3. The molecule has 0 aliphatic heterocycles. The number of rotatable bonds is 3. The lowest BCUT2D eigenvalue weighted by Crippen LogP contribution is -2.03. The van der Waals surface area contributed by atoms with Crippen molar-refractivity contribution in [2.75, 3.05) is 6.54 Å². The molecule has 0 spiro atoms. The van der Waals surface area contributed by atoms with Crippen LogP contribution in [0.15, 0.2) is 4.47 Å². The van der Waals surface area contributed by atoms with Crippen molar-refractivity contribution < 1.29 is 0 Å². The largest absolute Gasteiger partial charge is 0.330 e. The molecule has 62 valence electrons. The molecule has 0 unspecified atom stereocenters. The quantitative estimate of drug-likeness (QED) is 0.801. The lowest BCUT2D eigenvalue weighted by Gasteiger charge is -1.93. The average molecular weight is 218 g/mol. The van der Waals surface area contributed by atoms with E-state index in [1.54, 1.807) is 0 Å². The fraction of sp³-hybridized carbons (Fsp3) is 0.571. The minimum Gasteiger partial charge on any atom is -0.330 e. The van der Waals surface area contributed by atoms with Crippen LogP contribution in [0, 0.1) is 0 Å². The number of aromatic amines is 1. The number of nitrogens with zero attached hydrogens (tertiary/aromatic N) is 1. The lowest BCUT2D eigenvalue weighted by molar-refractivity contribution is 0.890. The first-order valence-electron chi connectivity index (χ1n) is 3.71. The number of hydrogen-bond acceptors (Lipinski definition) is 2. The van der Waals surface area contributed by atoms with Crippen LogP contribution in [0.3, 0.4) is 0 Å². The summed E-state index contributed by atoms with van der Waals surface area (Å²) in [6.07, 6.45) is 1.80. The van der Waals surface area contributed by atoms with E-state index < -0.39 is 0 Å². The Bertz CT molecular complexity index is 232. The van der Waals surface area contributed by atoms with Gasteiger partial charge in [0.15, 0.2) is 0 Å². The fourth-order valence-corrected chi connectivity index (χ4v) is 1.61. The van der Waals surface area contributed by atoms with Gasteiger partial charge in [0, 0.05) is 6.42 Å². The van der Waals surface area contributed by atoms with Crippen LogP contribution in [0.25, 0.3) is 0 Å². The minimum absolute atomic E-state index is 0.657. The molecule has 4 heteroatoms. The molecule has 0 saturated carbocycles. The first-order chi connectivity index (χ1) is 5.29. The Balaban J connectivity index is 2.82. The Morgan fingerprint density at radius 3 is 2.82 bits per heavy atom. The number of aromatic nitrogens is 2. The predicted octanol–water partition coefficient (Wildman–Crippen LogP) is 1.24. The third kappa shape index (κ3) is 1.81. The van der Waals surface area contributed by atoms with Gasteiger partial charge in [0.25, 0.3) is 0 Å². The molecule has 3 N–H and O–H groups in total. The molecule has 1 aromatic heterocycles. The van der Waals surface area contributed by atoms with E-state index in [1.807, 2.05) is 0 Å². The minimum atomic E-state index is 0.657. The third-order valence-electron chi connectivity index (χ3n) is 1.57. The summed E-state index contributed by atoms with van der Waals surface area (Å²) in [6, 6.07) is 0. The second-order valence-electron chi connectivity index (χ2n) is 2.36. The standard InChI is InChI=1S/C7H12BrN3/c1-2-5-7(8)6(3-4-9)11-10-5/h2-4,9H2,1H3,(H,10,11). The number of aryl methyl sites for hydroxylation is 1. The third-order valence-corrected chi connectivity index (χ3v) is 2.51. The highest BCUT2D eigenvalue weighted by atomic mass is 79.9. The Morgan fingerprint density at radius 1 is 1.64 bits per heavy atom. The molecule has 0 amide bonds. The van der Waals surface area contributed by atoms with Gasteiger partial charge in [0.05, 0.1) is 15.9 Å². The van der Waals surface area contributed by atoms with Crippen LogP contribution >= 0.6 is 15.9 Å². The molecular weight excluding hydrogens is 206 g/mol. The first-order valence-corrected chi connectivity index (χ1v) is 4.50. The number of nitrogens with one attached hydrogen (secondary N) is 1. The summed E-state index contributed by atoms with van der Waals surface area (Å²) in [4.78, 5) is 0. The summed E-state index contributed by atoms with van der Waals surface area (Å²) in [5.74, 6) is 0. The zero-order valence-electron chi connectivity index (χ0n) is 6.52. The van der Waals surface area contributed by atoms with Crippen LogP contribution < -0.4 is 5.73 Å². The highest BCUT2D eigenvalue weighted by Gasteiger charge is 2.06. The molecule has 0 aliphatic carbocycles. The highest BCUT2D eigenvalue weighted by molar-refractivity contribution is 9.10. The van der Waals surface area contributed by atoms with Gasteiger partial charge in [-0.25, -0.2) is 0 Å². The number of halogens is 1. The topological polar surface area (TPSA) is 54.7 Å². The van der Waals surface area contributed by atoms with Crippen molar-refractivity contribution >= 4 is 15.9 Å². The number of hydrogen-bond donors (Lipinski definition) is 2. The van der Waals surface area contributed by atoms with Gasteiger partial charge in [-0.2, -0.15) is 5.10 Å². The van der Waals surface area contributed by atoms with E-state index in [1.165, 1.54) is 0 Å². The van der Waals surface area contributed by atoms with Gasteiger partial charge < -0.3 is 5.73 Å². The van der Waals surface area contributed by atoms with Gasteiger partial charge >= 0.3 is 0 Å². The fourth-order valence-electron chi connectivity index (χ4n) is 0.952. The van der Waals surface area contributed by atoms with Crippen molar-refractivity contribution in [1.82, 2.24) is 10.2 Å². The maximum absolute atomic E-state index is 5.41. The maximum Gasteiger partial charge on any atom is 0.0764 e. The summed E-state index contributed by atoms with van der Waals surface area (Å²) >= 11 is 3.46. The molecule has 3 nitrogen and oxygen atoms in total. The summed E-state index contributed by atoms with van der Waals surface area (Å²) in [6.45, 7) is 2.73. The highest BCUT2D eigenvalue weighted by Crippen LogP contribution is 2.19. The van der Waals surface area contributed by atoms with E-state index >= 15 is 0 Å². The zero-order valence-corrected chi connectivity index (χ0v) is 8.11.